The van der Waals surface area contributed by atoms with Crippen molar-refractivity contribution in [3.63, 3.8) is 0 Å². The first-order chi connectivity index (χ1) is 9.54. The summed E-state index contributed by atoms with van der Waals surface area (Å²) in [6, 6.07) is 4.67. The molecule has 0 atom stereocenters. The van der Waals surface area contributed by atoms with Gasteiger partial charge in [-0.2, -0.15) is 0 Å². The normalized spacial score (nSPS) is 10.3. The summed E-state index contributed by atoms with van der Waals surface area (Å²) in [5, 5.41) is 9.64. The first-order valence-corrected chi connectivity index (χ1v) is 6.11. The molecule has 0 saturated heterocycles. The van der Waals surface area contributed by atoms with Crippen LogP contribution in [-0.2, 0) is 13.7 Å². The van der Waals surface area contributed by atoms with Crippen LogP contribution in [0.2, 0.25) is 5.15 Å². The number of hydrogen-bond donors (Lipinski definition) is 1. The second kappa shape index (κ2) is 5.83. The van der Waals surface area contributed by atoms with Gasteiger partial charge in [-0.3, -0.25) is 0 Å². The summed E-state index contributed by atoms with van der Waals surface area (Å²) in [7, 11) is 3.19. The van der Waals surface area contributed by atoms with E-state index in [4.69, 9.17) is 26.2 Å². The molecule has 1 heterocycles. The summed E-state index contributed by atoms with van der Waals surface area (Å²) in [6.45, 7) is 0.0872. The number of aromatic carboxylic acids is 1. The van der Waals surface area contributed by atoms with Gasteiger partial charge in [0.15, 0.2) is 11.5 Å². The highest BCUT2D eigenvalue weighted by Gasteiger charge is 2.17. The number of ether oxygens (including phenoxy) is 2. The summed E-state index contributed by atoms with van der Waals surface area (Å²) >= 11 is 5.88. The van der Waals surface area contributed by atoms with Gasteiger partial charge in [0.1, 0.15) is 23.1 Å². The van der Waals surface area contributed by atoms with E-state index in [1.54, 1.807) is 23.7 Å². The van der Waals surface area contributed by atoms with E-state index in [-0.39, 0.29) is 17.9 Å². The zero-order valence-corrected chi connectivity index (χ0v) is 11.7. The second-order valence-electron chi connectivity index (χ2n) is 3.99. The Kier molecular flexibility index (Phi) is 4.14. The molecule has 0 unspecified atom stereocenters. The lowest BCUT2D eigenvalue weighted by molar-refractivity contribution is 0.0690. The van der Waals surface area contributed by atoms with E-state index in [9.17, 15) is 4.79 Å². The number of nitrogens with zero attached hydrogens (tertiary/aromatic N) is 2. The highest BCUT2D eigenvalue weighted by atomic mass is 35.5. The smallest absolute Gasteiger partial charge is 0.339 e. The minimum absolute atomic E-state index is 0.0321. The number of rotatable bonds is 5. The average molecular weight is 297 g/mol. The third-order valence-electron chi connectivity index (χ3n) is 2.80. The van der Waals surface area contributed by atoms with Crippen LogP contribution < -0.4 is 9.47 Å². The molecule has 0 aliphatic heterocycles. The Morgan fingerprint density at radius 2 is 2.25 bits per heavy atom. The van der Waals surface area contributed by atoms with Gasteiger partial charge >= 0.3 is 5.97 Å². The van der Waals surface area contributed by atoms with Gasteiger partial charge in [-0.15, -0.1) is 0 Å². The van der Waals surface area contributed by atoms with E-state index in [2.05, 4.69) is 4.98 Å². The lowest BCUT2D eigenvalue weighted by atomic mass is 10.2. The van der Waals surface area contributed by atoms with Crippen LogP contribution in [0.4, 0.5) is 0 Å². The van der Waals surface area contributed by atoms with E-state index in [1.165, 1.54) is 19.4 Å². The highest BCUT2D eigenvalue weighted by molar-refractivity contribution is 6.29. The fraction of sp³-hybridized carbons (Fsp3) is 0.231. The molecule has 0 aliphatic rings. The van der Waals surface area contributed by atoms with Crippen molar-refractivity contribution < 1.29 is 19.4 Å². The number of benzene rings is 1. The van der Waals surface area contributed by atoms with Gasteiger partial charge in [0, 0.05) is 7.05 Å². The van der Waals surface area contributed by atoms with E-state index >= 15 is 0 Å². The molecular formula is C13H13ClN2O4. The Morgan fingerprint density at radius 3 is 2.80 bits per heavy atom. The van der Waals surface area contributed by atoms with Gasteiger partial charge in [-0.25, -0.2) is 9.78 Å². The molecular weight excluding hydrogens is 284 g/mol. The minimum atomic E-state index is -1.09. The second-order valence-corrected chi connectivity index (χ2v) is 4.37. The van der Waals surface area contributed by atoms with Crippen LogP contribution in [-0.4, -0.2) is 27.7 Å². The summed E-state index contributed by atoms with van der Waals surface area (Å²) in [6.07, 6.45) is 1.50. The Hall–Kier alpha value is -2.21. The lowest BCUT2D eigenvalue weighted by Gasteiger charge is -2.13. The third kappa shape index (κ3) is 2.70. The van der Waals surface area contributed by atoms with Gasteiger partial charge in [0.05, 0.1) is 13.3 Å². The van der Waals surface area contributed by atoms with Gasteiger partial charge in [0.2, 0.25) is 0 Å². The first-order valence-electron chi connectivity index (χ1n) is 5.73. The van der Waals surface area contributed by atoms with Crippen molar-refractivity contribution >= 4 is 17.6 Å². The number of carboxylic acids is 1. The van der Waals surface area contributed by atoms with Crippen LogP contribution in [0.15, 0.2) is 24.4 Å². The topological polar surface area (TPSA) is 73.6 Å². The Labute approximate surface area is 120 Å². The molecule has 0 bridgehead atoms. The number of para-hydroxylation sites is 1. The quantitative estimate of drug-likeness (QED) is 0.917. The van der Waals surface area contributed by atoms with Crippen LogP contribution in [0.1, 0.15) is 16.2 Å². The number of hydrogen-bond acceptors (Lipinski definition) is 4. The van der Waals surface area contributed by atoms with Crippen LogP contribution in [0.5, 0.6) is 11.5 Å². The van der Waals surface area contributed by atoms with Crippen molar-refractivity contribution in [2.24, 2.45) is 7.05 Å². The van der Waals surface area contributed by atoms with Crippen molar-refractivity contribution in [3.8, 4) is 11.5 Å². The molecule has 1 N–H and O–H groups in total. The largest absolute Gasteiger partial charge is 0.493 e. The average Bonchev–Trinajstić information content (AvgIpc) is 2.76. The molecule has 1 aromatic carbocycles. The predicted octanol–water partition coefficient (Wildman–Crippen LogP) is 2.36. The van der Waals surface area contributed by atoms with E-state index in [0.717, 1.165) is 0 Å². The maximum atomic E-state index is 11.2. The maximum Gasteiger partial charge on any atom is 0.339 e. The Balaban J connectivity index is 2.28. The number of carboxylic acid groups (broad SMARTS) is 1. The molecule has 0 saturated carbocycles. The molecule has 7 heteroatoms. The molecule has 0 radical (unpaired) electrons. The number of imidazole rings is 1. The third-order valence-corrected chi connectivity index (χ3v) is 3.15. The van der Waals surface area contributed by atoms with E-state index in [1.807, 2.05) is 0 Å². The lowest BCUT2D eigenvalue weighted by Crippen LogP contribution is -2.08. The zero-order chi connectivity index (χ0) is 14.7. The van der Waals surface area contributed by atoms with Crippen LogP contribution >= 0.6 is 11.6 Å². The molecule has 106 valence electrons. The van der Waals surface area contributed by atoms with Gasteiger partial charge < -0.3 is 19.1 Å². The molecule has 20 heavy (non-hydrogen) atoms. The fourth-order valence-corrected chi connectivity index (χ4v) is 1.84. The summed E-state index contributed by atoms with van der Waals surface area (Å²) in [5.41, 5.74) is 0.0321. The Morgan fingerprint density at radius 1 is 1.50 bits per heavy atom. The maximum absolute atomic E-state index is 11.2. The van der Waals surface area contributed by atoms with E-state index < -0.39 is 5.97 Å². The highest BCUT2D eigenvalue weighted by Crippen LogP contribution is 2.31. The molecule has 0 spiro atoms. The van der Waals surface area contributed by atoms with Crippen LogP contribution in [0.25, 0.3) is 0 Å². The molecule has 2 rings (SSSR count). The molecule has 0 fully saturated rings. The van der Waals surface area contributed by atoms with Crippen LogP contribution in [0, 0.1) is 0 Å². The molecule has 2 aromatic rings. The summed E-state index contributed by atoms with van der Waals surface area (Å²) < 4.78 is 12.3. The minimum Gasteiger partial charge on any atom is -0.493 e. The number of carbonyl (C=O) groups is 1. The molecule has 6 nitrogen and oxygen atoms in total. The van der Waals surface area contributed by atoms with Crippen molar-refractivity contribution in [1.82, 2.24) is 9.55 Å². The summed E-state index contributed by atoms with van der Waals surface area (Å²) in [5.74, 6) is 0.0147. The SMILES string of the molecule is COc1cccc(C(=O)O)c1OCc1ncc(Cl)n1C. The zero-order valence-electron chi connectivity index (χ0n) is 11.0. The molecule has 0 amide bonds. The standard InChI is InChI=1S/C13H13ClN2O4/c1-16-10(14)6-15-11(16)7-20-12-8(13(17)18)4-3-5-9(12)19-2/h3-6H,7H2,1-2H3,(H,17,18). The van der Waals surface area contributed by atoms with Gasteiger partial charge in [-0.05, 0) is 12.1 Å². The predicted molar refractivity (Wildman–Crippen MR) is 72.5 cm³/mol. The van der Waals surface area contributed by atoms with Crippen LogP contribution in [0.3, 0.4) is 0 Å². The number of methoxy groups -OCH3 is 1. The Bertz CT molecular complexity index is 639. The van der Waals surface area contributed by atoms with Crippen molar-refractivity contribution in [3.05, 3.63) is 40.9 Å². The summed E-state index contributed by atoms with van der Waals surface area (Å²) in [4.78, 5) is 15.3. The van der Waals surface area contributed by atoms with Gasteiger partial charge in [-0.1, -0.05) is 17.7 Å². The number of aromatic nitrogens is 2. The van der Waals surface area contributed by atoms with Crippen molar-refractivity contribution in [2.75, 3.05) is 7.11 Å². The fourth-order valence-electron chi connectivity index (χ4n) is 1.69. The van der Waals surface area contributed by atoms with E-state index in [0.29, 0.717) is 16.7 Å². The van der Waals surface area contributed by atoms with Crippen molar-refractivity contribution in [1.29, 1.82) is 0 Å². The van der Waals surface area contributed by atoms with Crippen molar-refractivity contribution in [2.45, 2.75) is 6.61 Å². The monoisotopic (exact) mass is 296 g/mol. The first kappa shape index (κ1) is 14.2. The number of halogens is 1. The molecule has 1 aromatic heterocycles. The van der Waals surface area contributed by atoms with Gasteiger partial charge in [0.25, 0.3) is 0 Å². The molecule has 0 aliphatic carbocycles.